The highest BCUT2D eigenvalue weighted by Gasteiger charge is 2.34. The van der Waals surface area contributed by atoms with Crippen LogP contribution < -0.4 is 0 Å². The molecule has 0 aromatic rings. The zero-order valence-corrected chi connectivity index (χ0v) is 8.30. The van der Waals surface area contributed by atoms with Gasteiger partial charge in [-0.05, 0) is 20.8 Å². The predicted molar refractivity (Wildman–Crippen MR) is 47.2 cm³/mol. The Labute approximate surface area is 78.5 Å². The number of hydrogen-bond acceptors (Lipinski definition) is 4. The summed E-state index contributed by atoms with van der Waals surface area (Å²) >= 11 is 0. The average molecular weight is 190 g/mol. The zero-order valence-electron chi connectivity index (χ0n) is 8.30. The fraction of sp³-hybridized carbons (Fsp3) is 1.00. The number of hydrogen-bond donors (Lipinski definition) is 2. The van der Waals surface area contributed by atoms with Gasteiger partial charge in [-0.2, -0.15) is 0 Å². The molecule has 0 radical (unpaired) electrons. The van der Waals surface area contributed by atoms with Gasteiger partial charge < -0.3 is 19.7 Å². The summed E-state index contributed by atoms with van der Waals surface area (Å²) in [6.45, 7) is 5.53. The molecule has 0 aromatic carbocycles. The predicted octanol–water partition coefficient (Wildman–Crippen LogP) is 0.268. The smallest absolute Gasteiger partial charge is 0.184 e. The molecule has 1 saturated heterocycles. The van der Waals surface area contributed by atoms with Gasteiger partial charge in [0.2, 0.25) is 0 Å². The third-order valence-electron chi connectivity index (χ3n) is 2.09. The van der Waals surface area contributed by atoms with Crippen LogP contribution in [0.25, 0.3) is 0 Å². The summed E-state index contributed by atoms with van der Waals surface area (Å²) < 4.78 is 10.6. The van der Waals surface area contributed by atoms with E-state index in [-0.39, 0.29) is 12.2 Å². The quantitative estimate of drug-likeness (QED) is 0.656. The van der Waals surface area contributed by atoms with E-state index in [0.717, 1.165) is 0 Å². The van der Waals surface area contributed by atoms with Crippen molar-refractivity contribution in [1.82, 2.24) is 0 Å². The molecule has 2 unspecified atom stereocenters. The van der Waals surface area contributed by atoms with E-state index in [1.165, 1.54) is 0 Å². The highest BCUT2D eigenvalue weighted by Crippen LogP contribution is 2.21. The van der Waals surface area contributed by atoms with Gasteiger partial charge in [-0.25, -0.2) is 0 Å². The molecular formula is C9H18O4. The Bertz CT molecular complexity index is 160. The number of aliphatic hydroxyl groups is 2. The summed E-state index contributed by atoms with van der Waals surface area (Å²) in [5, 5.41) is 18.9. The number of aliphatic hydroxyl groups excluding tert-OH is 2. The number of rotatable bonds is 2. The monoisotopic (exact) mass is 190 g/mol. The maximum Gasteiger partial charge on any atom is 0.184 e. The minimum absolute atomic E-state index is 0.0158. The largest absolute Gasteiger partial charge is 0.390 e. The lowest BCUT2D eigenvalue weighted by molar-refractivity contribution is -0.271. The molecular weight excluding hydrogens is 172 g/mol. The van der Waals surface area contributed by atoms with Gasteiger partial charge in [0.1, 0.15) is 6.10 Å². The van der Waals surface area contributed by atoms with Gasteiger partial charge in [-0.15, -0.1) is 0 Å². The molecule has 1 heterocycles. The first kappa shape index (κ1) is 10.9. The second-order valence-electron chi connectivity index (χ2n) is 3.76. The van der Waals surface area contributed by atoms with E-state index in [4.69, 9.17) is 9.47 Å². The van der Waals surface area contributed by atoms with Crippen LogP contribution in [0.15, 0.2) is 0 Å². The molecule has 0 bridgehead atoms. The standard InChI is InChI=1S/C9H18O4/c1-5(2)12-9-8(11)4-7(10)6(3)13-9/h5-11H,4H2,1-3H3/t6?,7-,8?,9-/m1/s1. The molecule has 0 spiro atoms. The Morgan fingerprint density at radius 2 is 1.92 bits per heavy atom. The third kappa shape index (κ3) is 2.91. The maximum absolute atomic E-state index is 9.50. The Morgan fingerprint density at radius 3 is 2.46 bits per heavy atom. The lowest BCUT2D eigenvalue weighted by Crippen LogP contribution is -2.47. The molecule has 0 saturated carbocycles. The minimum atomic E-state index is -0.728. The van der Waals surface area contributed by atoms with Gasteiger partial charge >= 0.3 is 0 Å². The molecule has 4 atom stereocenters. The van der Waals surface area contributed by atoms with Crippen molar-refractivity contribution in [2.75, 3.05) is 0 Å². The van der Waals surface area contributed by atoms with Crippen LogP contribution in [0.5, 0.6) is 0 Å². The van der Waals surface area contributed by atoms with Crippen molar-refractivity contribution >= 4 is 0 Å². The Kier molecular flexibility index (Phi) is 3.67. The summed E-state index contributed by atoms with van der Waals surface area (Å²) in [4.78, 5) is 0. The first-order chi connectivity index (χ1) is 6.00. The van der Waals surface area contributed by atoms with Crippen molar-refractivity contribution in [3.63, 3.8) is 0 Å². The van der Waals surface area contributed by atoms with Gasteiger partial charge in [-0.1, -0.05) is 0 Å². The highest BCUT2D eigenvalue weighted by atomic mass is 16.7. The van der Waals surface area contributed by atoms with Crippen molar-refractivity contribution in [1.29, 1.82) is 0 Å². The lowest BCUT2D eigenvalue weighted by atomic mass is 10.0. The molecule has 1 aliphatic heterocycles. The summed E-state index contributed by atoms with van der Waals surface area (Å²) in [7, 11) is 0. The molecule has 1 fully saturated rings. The molecule has 4 nitrogen and oxygen atoms in total. The SMILES string of the molecule is CC(C)O[C@@H]1OC(C)[C@H](O)CC1O. The maximum atomic E-state index is 9.50. The van der Waals surface area contributed by atoms with E-state index in [9.17, 15) is 10.2 Å². The van der Waals surface area contributed by atoms with Crippen molar-refractivity contribution in [2.45, 2.75) is 57.9 Å². The molecule has 78 valence electrons. The van der Waals surface area contributed by atoms with Crippen LogP contribution in [0.2, 0.25) is 0 Å². The van der Waals surface area contributed by atoms with Gasteiger partial charge in [0.05, 0.1) is 18.3 Å². The van der Waals surface area contributed by atoms with E-state index in [2.05, 4.69) is 0 Å². The third-order valence-corrected chi connectivity index (χ3v) is 2.09. The summed E-state index contributed by atoms with van der Waals surface area (Å²) in [6.07, 6.45) is -1.86. The van der Waals surface area contributed by atoms with E-state index in [1.807, 2.05) is 13.8 Å². The van der Waals surface area contributed by atoms with Crippen molar-refractivity contribution < 1.29 is 19.7 Å². The second kappa shape index (κ2) is 4.37. The summed E-state index contributed by atoms with van der Waals surface area (Å²) in [5.41, 5.74) is 0. The van der Waals surface area contributed by atoms with Crippen molar-refractivity contribution in [3.05, 3.63) is 0 Å². The van der Waals surface area contributed by atoms with Gasteiger partial charge in [0.15, 0.2) is 6.29 Å². The number of ether oxygens (including phenoxy) is 2. The fourth-order valence-electron chi connectivity index (χ4n) is 1.33. The lowest BCUT2D eigenvalue weighted by Gasteiger charge is -2.36. The Balaban J connectivity index is 2.46. The fourth-order valence-corrected chi connectivity index (χ4v) is 1.33. The molecule has 4 heteroatoms. The van der Waals surface area contributed by atoms with Gasteiger partial charge in [-0.3, -0.25) is 0 Å². The average Bonchev–Trinajstić information content (AvgIpc) is 1.99. The molecule has 2 N–H and O–H groups in total. The van der Waals surface area contributed by atoms with Crippen LogP contribution >= 0.6 is 0 Å². The van der Waals surface area contributed by atoms with Crippen molar-refractivity contribution in [2.24, 2.45) is 0 Å². The van der Waals surface area contributed by atoms with E-state index in [0.29, 0.717) is 6.42 Å². The van der Waals surface area contributed by atoms with E-state index >= 15 is 0 Å². The van der Waals surface area contributed by atoms with Crippen LogP contribution in [0, 0.1) is 0 Å². The summed E-state index contributed by atoms with van der Waals surface area (Å²) in [5.74, 6) is 0. The van der Waals surface area contributed by atoms with E-state index in [1.54, 1.807) is 6.92 Å². The molecule has 1 aliphatic rings. The van der Waals surface area contributed by atoms with Crippen LogP contribution in [-0.2, 0) is 9.47 Å². The van der Waals surface area contributed by atoms with Crippen LogP contribution in [-0.4, -0.2) is 40.9 Å². The van der Waals surface area contributed by atoms with Gasteiger partial charge in [0.25, 0.3) is 0 Å². The summed E-state index contributed by atoms with van der Waals surface area (Å²) in [6, 6.07) is 0. The molecule has 1 rings (SSSR count). The highest BCUT2D eigenvalue weighted by molar-refractivity contribution is 4.78. The van der Waals surface area contributed by atoms with Crippen LogP contribution in [0.1, 0.15) is 27.2 Å². The van der Waals surface area contributed by atoms with E-state index < -0.39 is 18.5 Å². The normalized spacial score (nSPS) is 41.1. The first-order valence-electron chi connectivity index (χ1n) is 4.67. The topological polar surface area (TPSA) is 58.9 Å². The van der Waals surface area contributed by atoms with Crippen LogP contribution in [0.4, 0.5) is 0 Å². The van der Waals surface area contributed by atoms with Crippen LogP contribution in [0.3, 0.4) is 0 Å². The minimum Gasteiger partial charge on any atom is -0.390 e. The molecule has 0 aromatic heterocycles. The molecule has 0 amide bonds. The second-order valence-corrected chi connectivity index (χ2v) is 3.76. The Morgan fingerprint density at radius 1 is 1.31 bits per heavy atom. The first-order valence-corrected chi connectivity index (χ1v) is 4.67. The Hall–Kier alpha value is -0.160. The molecule has 0 aliphatic carbocycles. The zero-order chi connectivity index (χ0) is 10.0. The van der Waals surface area contributed by atoms with Gasteiger partial charge in [0, 0.05) is 6.42 Å². The molecule has 13 heavy (non-hydrogen) atoms. The van der Waals surface area contributed by atoms with Crippen molar-refractivity contribution in [3.8, 4) is 0 Å².